The Morgan fingerprint density at radius 1 is 1.35 bits per heavy atom. The van der Waals surface area contributed by atoms with Gasteiger partial charge >= 0.3 is 0 Å². The van der Waals surface area contributed by atoms with Gasteiger partial charge in [-0.1, -0.05) is 6.07 Å². The number of aliphatic hydroxyl groups is 1. The average molecular weight is 232 g/mol. The van der Waals surface area contributed by atoms with E-state index in [0.29, 0.717) is 11.6 Å². The molecule has 1 rings (SSSR count). The quantitative estimate of drug-likeness (QED) is 0.868. The van der Waals surface area contributed by atoms with Gasteiger partial charge in [0.05, 0.1) is 17.7 Å². The molecule has 0 aliphatic carbocycles. The fourth-order valence-corrected chi connectivity index (χ4v) is 2.03. The number of anilines is 1. The molecule has 92 valence electrons. The number of nitrogens with zero attached hydrogens (tertiary/aromatic N) is 2. The predicted molar refractivity (Wildman–Crippen MR) is 69.9 cm³/mol. The monoisotopic (exact) mass is 232 g/mol. The molecule has 0 spiro atoms. The molecule has 0 unspecified atom stereocenters. The van der Waals surface area contributed by atoms with Gasteiger partial charge in [-0.3, -0.25) is 0 Å². The third kappa shape index (κ3) is 2.98. The number of benzene rings is 1. The topological polar surface area (TPSA) is 47.3 Å². The van der Waals surface area contributed by atoms with Gasteiger partial charge in [0.25, 0.3) is 0 Å². The first-order valence-electron chi connectivity index (χ1n) is 6.00. The number of hydrogen-bond acceptors (Lipinski definition) is 3. The van der Waals surface area contributed by atoms with Crippen molar-refractivity contribution in [2.45, 2.75) is 39.8 Å². The summed E-state index contributed by atoms with van der Waals surface area (Å²) >= 11 is 0. The fourth-order valence-electron chi connectivity index (χ4n) is 2.03. The van der Waals surface area contributed by atoms with Gasteiger partial charge < -0.3 is 10.0 Å². The van der Waals surface area contributed by atoms with Gasteiger partial charge in [0.2, 0.25) is 0 Å². The molecule has 17 heavy (non-hydrogen) atoms. The maximum absolute atomic E-state index is 9.78. The van der Waals surface area contributed by atoms with Crippen molar-refractivity contribution < 1.29 is 5.11 Å². The summed E-state index contributed by atoms with van der Waals surface area (Å²) in [5, 5.41) is 18.7. The van der Waals surface area contributed by atoms with Crippen LogP contribution in [0.15, 0.2) is 18.2 Å². The van der Waals surface area contributed by atoms with E-state index in [1.165, 1.54) is 0 Å². The Morgan fingerprint density at radius 2 is 2.00 bits per heavy atom. The summed E-state index contributed by atoms with van der Waals surface area (Å²) in [6.45, 7) is 8.89. The number of hydrogen-bond donors (Lipinski definition) is 1. The van der Waals surface area contributed by atoms with Crippen LogP contribution in [-0.4, -0.2) is 17.7 Å². The molecule has 3 nitrogen and oxygen atoms in total. The van der Waals surface area contributed by atoms with E-state index in [2.05, 4.69) is 31.7 Å². The third-order valence-electron chi connectivity index (χ3n) is 2.88. The number of aliphatic hydroxyl groups excluding tert-OH is 1. The Bertz CT molecular complexity index is 419. The van der Waals surface area contributed by atoms with Crippen LogP contribution < -0.4 is 4.90 Å². The Balaban J connectivity index is 3.31. The zero-order chi connectivity index (χ0) is 13.0. The molecule has 0 heterocycles. The largest absolute Gasteiger partial charge is 0.389 e. The molecule has 0 bridgehead atoms. The molecule has 1 aromatic carbocycles. The Morgan fingerprint density at radius 3 is 2.41 bits per heavy atom. The predicted octanol–water partition coefficient (Wildman–Crippen LogP) is 2.85. The van der Waals surface area contributed by atoms with Crippen LogP contribution in [-0.2, 0) is 0 Å². The SMILES string of the molecule is CCN(c1cc(C#N)ccc1[C@@H](C)O)C(C)C. The second-order valence-corrected chi connectivity index (χ2v) is 4.44. The molecular formula is C14H20N2O. The molecule has 0 amide bonds. The van der Waals surface area contributed by atoms with E-state index >= 15 is 0 Å². The lowest BCUT2D eigenvalue weighted by atomic mass is 10.0. The second kappa shape index (κ2) is 5.70. The van der Waals surface area contributed by atoms with Crippen molar-refractivity contribution in [1.82, 2.24) is 0 Å². The highest BCUT2D eigenvalue weighted by atomic mass is 16.3. The molecule has 0 aromatic heterocycles. The minimum atomic E-state index is -0.523. The van der Waals surface area contributed by atoms with Crippen molar-refractivity contribution in [3.8, 4) is 6.07 Å². The van der Waals surface area contributed by atoms with Crippen LogP contribution >= 0.6 is 0 Å². The minimum absolute atomic E-state index is 0.339. The van der Waals surface area contributed by atoms with Gasteiger partial charge in [-0.05, 0) is 39.8 Å². The van der Waals surface area contributed by atoms with E-state index < -0.39 is 6.10 Å². The van der Waals surface area contributed by atoms with Gasteiger partial charge in [-0.15, -0.1) is 0 Å². The summed E-state index contributed by atoms with van der Waals surface area (Å²) in [6.07, 6.45) is -0.523. The van der Waals surface area contributed by atoms with E-state index in [1.807, 2.05) is 12.1 Å². The Kier molecular flexibility index (Phi) is 4.53. The van der Waals surface area contributed by atoms with Crippen LogP contribution in [0.4, 0.5) is 5.69 Å². The van der Waals surface area contributed by atoms with Crippen LogP contribution in [0.5, 0.6) is 0 Å². The summed E-state index contributed by atoms with van der Waals surface area (Å²) in [6, 6.07) is 7.92. The van der Waals surface area contributed by atoms with Gasteiger partial charge in [0.1, 0.15) is 0 Å². The van der Waals surface area contributed by atoms with Gasteiger partial charge in [0, 0.05) is 23.8 Å². The van der Waals surface area contributed by atoms with E-state index in [-0.39, 0.29) is 0 Å². The summed E-state index contributed by atoms with van der Waals surface area (Å²) in [5.41, 5.74) is 2.46. The van der Waals surface area contributed by atoms with Gasteiger partial charge in [-0.2, -0.15) is 5.26 Å². The molecule has 3 heteroatoms. The maximum Gasteiger partial charge on any atom is 0.0992 e. The number of nitriles is 1. The van der Waals surface area contributed by atoms with Crippen molar-refractivity contribution in [2.75, 3.05) is 11.4 Å². The zero-order valence-corrected chi connectivity index (χ0v) is 10.9. The zero-order valence-electron chi connectivity index (χ0n) is 10.9. The third-order valence-corrected chi connectivity index (χ3v) is 2.88. The maximum atomic E-state index is 9.78. The molecule has 0 saturated carbocycles. The lowest BCUT2D eigenvalue weighted by Gasteiger charge is -2.30. The molecule has 1 N–H and O–H groups in total. The first-order chi connectivity index (χ1) is 8.01. The lowest BCUT2D eigenvalue weighted by Crippen LogP contribution is -2.31. The molecule has 0 radical (unpaired) electrons. The summed E-state index contributed by atoms with van der Waals surface area (Å²) in [7, 11) is 0. The van der Waals surface area contributed by atoms with E-state index in [1.54, 1.807) is 13.0 Å². The number of rotatable bonds is 4. The first kappa shape index (κ1) is 13.5. The van der Waals surface area contributed by atoms with Crippen molar-refractivity contribution in [3.05, 3.63) is 29.3 Å². The van der Waals surface area contributed by atoms with Crippen LogP contribution in [0, 0.1) is 11.3 Å². The van der Waals surface area contributed by atoms with Crippen molar-refractivity contribution in [2.24, 2.45) is 0 Å². The normalized spacial score (nSPS) is 12.3. The van der Waals surface area contributed by atoms with Crippen LogP contribution in [0.25, 0.3) is 0 Å². The van der Waals surface area contributed by atoms with E-state index in [9.17, 15) is 5.11 Å². The van der Waals surface area contributed by atoms with Crippen LogP contribution in [0.3, 0.4) is 0 Å². The molecule has 0 saturated heterocycles. The van der Waals surface area contributed by atoms with Gasteiger partial charge in [0.15, 0.2) is 0 Å². The van der Waals surface area contributed by atoms with Crippen LogP contribution in [0.2, 0.25) is 0 Å². The van der Waals surface area contributed by atoms with Crippen molar-refractivity contribution in [1.29, 1.82) is 5.26 Å². The summed E-state index contributed by atoms with van der Waals surface area (Å²) < 4.78 is 0. The molecule has 1 atom stereocenters. The molecule has 0 aliphatic rings. The second-order valence-electron chi connectivity index (χ2n) is 4.44. The fraction of sp³-hybridized carbons (Fsp3) is 0.500. The van der Waals surface area contributed by atoms with Gasteiger partial charge in [-0.25, -0.2) is 0 Å². The van der Waals surface area contributed by atoms with Crippen LogP contribution in [0.1, 0.15) is 44.9 Å². The van der Waals surface area contributed by atoms with Crippen molar-refractivity contribution in [3.63, 3.8) is 0 Å². The highest BCUT2D eigenvalue weighted by molar-refractivity contribution is 5.59. The highest BCUT2D eigenvalue weighted by Crippen LogP contribution is 2.28. The molecule has 0 fully saturated rings. The van der Waals surface area contributed by atoms with E-state index in [0.717, 1.165) is 17.8 Å². The smallest absolute Gasteiger partial charge is 0.0992 e. The molecular weight excluding hydrogens is 212 g/mol. The highest BCUT2D eigenvalue weighted by Gasteiger charge is 2.16. The molecule has 0 aliphatic heterocycles. The Hall–Kier alpha value is -1.53. The summed E-state index contributed by atoms with van der Waals surface area (Å²) in [5.74, 6) is 0. The Labute approximate surface area is 103 Å². The minimum Gasteiger partial charge on any atom is -0.389 e. The summed E-state index contributed by atoms with van der Waals surface area (Å²) in [4.78, 5) is 2.18. The first-order valence-corrected chi connectivity index (χ1v) is 6.00. The average Bonchev–Trinajstić information content (AvgIpc) is 2.29. The van der Waals surface area contributed by atoms with Crippen molar-refractivity contribution >= 4 is 5.69 Å². The lowest BCUT2D eigenvalue weighted by molar-refractivity contribution is 0.199. The molecule has 1 aromatic rings. The van der Waals surface area contributed by atoms with E-state index in [4.69, 9.17) is 5.26 Å². The standard InChI is InChI=1S/C14H20N2O/c1-5-16(10(2)3)14-8-12(9-15)6-7-13(14)11(4)17/h6-8,10-11,17H,5H2,1-4H3/t11-/m1/s1.